The lowest BCUT2D eigenvalue weighted by atomic mass is 9.80. The summed E-state index contributed by atoms with van der Waals surface area (Å²) in [4.78, 5) is 0. The summed E-state index contributed by atoms with van der Waals surface area (Å²) in [5, 5.41) is 42.5. The molecule has 0 aliphatic heterocycles. The molecule has 35 heavy (non-hydrogen) atoms. The molecular formula is C31H56O4. The van der Waals surface area contributed by atoms with Crippen LogP contribution in [0.5, 0.6) is 0 Å². The van der Waals surface area contributed by atoms with Crippen molar-refractivity contribution < 1.29 is 20.4 Å². The molecular weight excluding hydrogens is 436 g/mol. The van der Waals surface area contributed by atoms with Crippen LogP contribution in [0.4, 0.5) is 0 Å². The monoisotopic (exact) mass is 492 g/mol. The number of aliphatic hydroxyl groups excluding tert-OH is 3. The van der Waals surface area contributed by atoms with Crippen molar-refractivity contribution >= 4 is 0 Å². The first kappa shape index (κ1) is 32.1. The third kappa shape index (κ3) is 15.0. The fraction of sp³-hybridized carbons (Fsp3) is 0.806. The van der Waals surface area contributed by atoms with E-state index in [1.54, 1.807) is 6.92 Å². The molecule has 0 saturated heterocycles. The van der Waals surface area contributed by atoms with Crippen LogP contribution in [0.15, 0.2) is 30.3 Å². The molecule has 0 saturated carbocycles. The van der Waals surface area contributed by atoms with E-state index in [-0.39, 0.29) is 12.8 Å². The summed E-state index contributed by atoms with van der Waals surface area (Å²) in [6.45, 7) is 3.85. The second-order valence-electron chi connectivity index (χ2n) is 10.9. The molecule has 0 spiro atoms. The highest BCUT2D eigenvalue weighted by Gasteiger charge is 2.43. The number of aliphatic hydroxyl groups is 4. The second kappa shape index (κ2) is 20.2. The van der Waals surface area contributed by atoms with Crippen LogP contribution in [0.2, 0.25) is 0 Å². The Morgan fingerprint density at radius 1 is 0.629 bits per heavy atom. The Morgan fingerprint density at radius 2 is 1.06 bits per heavy atom. The topological polar surface area (TPSA) is 80.9 Å². The zero-order valence-electron chi connectivity index (χ0n) is 22.8. The minimum absolute atomic E-state index is 0.0407. The highest BCUT2D eigenvalue weighted by molar-refractivity contribution is 5.17. The predicted molar refractivity (Wildman–Crippen MR) is 148 cm³/mol. The van der Waals surface area contributed by atoms with Crippen molar-refractivity contribution in [2.24, 2.45) is 0 Å². The zero-order valence-corrected chi connectivity index (χ0v) is 22.8. The van der Waals surface area contributed by atoms with Gasteiger partial charge in [-0.15, -0.1) is 0 Å². The van der Waals surface area contributed by atoms with Crippen LogP contribution in [0, 0.1) is 0 Å². The third-order valence-corrected chi connectivity index (χ3v) is 7.38. The standard InChI is InChI=1S/C31H56O4/c1-3-4-5-6-7-8-9-10-11-12-13-14-15-16-17-21-24-29(33)31(35,26-27(2)32)30(34)25-28-22-19-18-20-23-28/h18-20,22-23,27,29-30,32-35H,3-17,21,24-26H2,1-2H3. The number of hydrogen-bond acceptors (Lipinski definition) is 4. The molecule has 4 nitrogen and oxygen atoms in total. The van der Waals surface area contributed by atoms with E-state index in [2.05, 4.69) is 6.92 Å². The molecule has 1 rings (SSSR count). The Labute approximate surface area is 216 Å². The Morgan fingerprint density at radius 3 is 1.49 bits per heavy atom. The predicted octanol–water partition coefficient (Wildman–Crippen LogP) is 7.10. The maximum Gasteiger partial charge on any atom is 0.119 e. The van der Waals surface area contributed by atoms with E-state index in [0.29, 0.717) is 6.42 Å². The van der Waals surface area contributed by atoms with Gasteiger partial charge in [0.1, 0.15) is 5.60 Å². The van der Waals surface area contributed by atoms with Gasteiger partial charge in [-0.1, -0.05) is 140 Å². The third-order valence-electron chi connectivity index (χ3n) is 7.38. The number of rotatable bonds is 23. The van der Waals surface area contributed by atoms with Gasteiger partial charge >= 0.3 is 0 Å². The van der Waals surface area contributed by atoms with Crippen molar-refractivity contribution in [3.8, 4) is 0 Å². The summed E-state index contributed by atoms with van der Waals surface area (Å²) in [5.74, 6) is 0. The van der Waals surface area contributed by atoms with E-state index < -0.39 is 23.9 Å². The molecule has 4 atom stereocenters. The molecule has 1 aromatic rings. The first-order valence-electron chi connectivity index (χ1n) is 14.7. The average molecular weight is 493 g/mol. The summed E-state index contributed by atoms with van der Waals surface area (Å²) in [5.41, 5.74) is -0.807. The molecule has 0 aliphatic rings. The molecule has 0 bridgehead atoms. The van der Waals surface area contributed by atoms with Crippen molar-refractivity contribution in [1.82, 2.24) is 0 Å². The van der Waals surface area contributed by atoms with E-state index in [0.717, 1.165) is 24.8 Å². The Kier molecular flexibility index (Phi) is 18.5. The van der Waals surface area contributed by atoms with Crippen LogP contribution in [-0.2, 0) is 6.42 Å². The molecule has 4 N–H and O–H groups in total. The quantitative estimate of drug-likeness (QED) is 0.123. The van der Waals surface area contributed by atoms with Crippen molar-refractivity contribution in [2.75, 3.05) is 0 Å². The van der Waals surface area contributed by atoms with E-state index in [9.17, 15) is 20.4 Å². The highest BCUT2D eigenvalue weighted by Crippen LogP contribution is 2.28. The molecule has 4 heteroatoms. The lowest BCUT2D eigenvalue weighted by Gasteiger charge is -2.38. The lowest BCUT2D eigenvalue weighted by molar-refractivity contribution is -0.163. The molecule has 204 valence electrons. The van der Waals surface area contributed by atoms with Crippen LogP contribution in [-0.4, -0.2) is 44.3 Å². The van der Waals surface area contributed by atoms with Crippen LogP contribution in [0.1, 0.15) is 135 Å². The van der Waals surface area contributed by atoms with Crippen molar-refractivity contribution in [3.05, 3.63) is 35.9 Å². The summed E-state index contributed by atoms with van der Waals surface area (Å²) >= 11 is 0. The fourth-order valence-electron chi connectivity index (χ4n) is 5.12. The summed E-state index contributed by atoms with van der Waals surface area (Å²) in [7, 11) is 0. The Bertz CT molecular complexity index is 591. The minimum atomic E-state index is -1.71. The minimum Gasteiger partial charge on any atom is -0.393 e. The van der Waals surface area contributed by atoms with Gasteiger partial charge in [-0.2, -0.15) is 0 Å². The molecule has 0 heterocycles. The zero-order chi connectivity index (χ0) is 25.8. The lowest BCUT2D eigenvalue weighted by Crippen LogP contribution is -2.54. The molecule has 0 aliphatic carbocycles. The maximum absolute atomic E-state index is 11.1. The van der Waals surface area contributed by atoms with Crippen LogP contribution in [0.3, 0.4) is 0 Å². The second-order valence-corrected chi connectivity index (χ2v) is 10.9. The fourth-order valence-corrected chi connectivity index (χ4v) is 5.12. The van der Waals surface area contributed by atoms with Crippen LogP contribution >= 0.6 is 0 Å². The van der Waals surface area contributed by atoms with Gasteiger partial charge in [0.2, 0.25) is 0 Å². The van der Waals surface area contributed by atoms with E-state index in [1.807, 2.05) is 30.3 Å². The normalized spacial score (nSPS) is 16.1. The summed E-state index contributed by atoms with van der Waals surface area (Å²) < 4.78 is 0. The van der Waals surface area contributed by atoms with Crippen LogP contribution in [0.25, 0.3) is 0 Å². The highest BCUT2D eigenvalue weighted by atomic mass is 16.4. The molecule has 4 unspecified atom stereocenters. The van der Waals surface area contributed by atoms with E-state index >= 15 is 0 Å². The summed E-state index contributed by atoms with van der Waals surface area (Å²) in [6.07, 6.45) is 18.3. The van der Waals surface area contributed by atoms with Gasteiger partial charge in [0.05, 0.1) is 18.3 Å². The SMILES string of the molecule is CCCCCCCCCCCCCCCCCCC(O)C(O)(CC(C)O)C(O)Cc1ccccc1. The van der Waals surface area contributed by atoms with Crippen molar-refractivity contribution in [1.29, 1.82) is 0 Å². The van der Waals surface area contributed by atoms with Crippen molar-refractivity contribution in [2.45, 2.75) is 160 Å². The first-order valence-corrected chi connectivity index (χ1v) is 14.7. The van der Waals surface area contributed by atoms with Crippen LogP contribution < -0.4 is 0 Å². The van der Waals surface area contributed by atoms with Gasteiger partial charge in [-0.25, -0.2) is 0 Å². The largest absolute Gasteiger partial charge is 0.393 e. The van der Waals surface area contributed by atoms with E-state index in [4.69, 9.17) is 0 Å². The van der Waals surface area contributed by atoms with E-state index in [1.165, 1.54) is 83.5 Å². The number of benzene rings is 1. The number of unbranched alkanes of at least 4 members (excludes halogenated alkanes) is 15. The summed E-state index contributed by atoms with van der Waals surface area (Å²) in [6, 6.07) is 9.48. The van der Waals surface area contributed by atoms with Crippen molar-refractivity contribution in [3.63, 3.8) is 0 Å². The molecule has 0 aromatic heterocycles. The maximum atomic E-state index is 11.1. The Hall–Kier alpha value is -0.940. The first-order chi connectivity index (χ1) is 16.9. The average Bonchev–Trinajstić information content (AvgIpc) is 2.83. The van der Waals surface area contributed by atoms with Gasteiger partial charge in [0, 0.05) is 12.8 Å². The smallest absolute Gasteiger partial charge is 0.119 e. The van der Waals surface area contributed by atoms with Gasteiger partial charge in [0.15, 0.2) is 0 Å². The number of hydrogen-bond donors (Lipinski definition) is 4. The molecule has 1 aromatic carbocycles. The molecule has 0 amide bonds. The van der Waals surface area contributed by atoms with Gasteiger partial charge < -0.3 is 20.4 Å². The molecule has 0 radical (unpaired) electrons. The molecule has 0 fully saturated rings. The van der Waals surface area contributed by atoms with Gasteiger partial charge in [-0.3, -0.25) is 0 Å². The van der Waals surface area contributed by atoms with Gasteiger partial charge in [-0.05, 0) is 18.9 Å². The van der Waals surface area contributed by atoms with Gasteiger partial charge in [0.25, 0.3) is 0 Å². The Balaban J connectivity index is 2.14.